The van der Waals surface area contributed by atoms with Crippen LogP contribution < -0.4 is 10.9 Å². The molecule has 0 atom stereocenters. The van der Waals surface area contributed by atoms with Crippen LogP contribution in [0.1, 0.15) is 44.2 Å². The van der Waals surface area contributed by atoms with E-state index in [0.29, 0.717) is 28.3 Å². The summed E-state index contributed by atoms with van der Waals surface area (Å²) >= 11 is 0. The first-order valence-electron chi connectivity index (χ1n) is 11.7. The second kappa shape index (κ2) is 10.5. The quantitative estimate of drug-likeness (QED) is 0.352. The first-order valence-corrected chi connectivity index (χ1v) is 13.3. The lowest BCUT2D eigenvalue weighted by Crippen LogP contribution is -2.33. The van der Waals surface area contributed by atoms with Crippen LogP contribution in [0.4, 0.5) is 13.2 Å². The zero-order valence-electron chi connectivity index (χ0n) is 21.2. The SMILES string of the molecule is Cc1noc(C)c1CS(=O)(=O)c1ccc(CNC(=O)c2ccc(C)n(-c3cccc(C(F)(F)F)c3)c2=O)cc1. The highest BCUT2D eigenvalue weighted by atomic mass is 32.2. The molecular weight excluding hydrogens is 535 g/mol. The number of halogens is 3. The van der Waals surface area contributed by atoms with E-state index in [4.69, 9.17) is 4.52 Å². The predicted octanol–water partition coefficient (Wildman–Crippen LogP) is 4.67. The van der Waals surface area contributed by atoms with Crippen LogP contribution in [0.25, 0.3) is 5.69 Å². The van der Waals surface area contributed by atoms with Crippen LogP contribution in [0.15, 0.2) is 74.9 Å². The first-order chi connectivity index (χ1) is 18.3. The molecule has 12 heteroatoms. The zero-order chi connectivity index (χ0) is 28.5. The van der Waals surface area contributed by atoms with Gasteiger partial charge >= 0.3 is 6.18 Å². The van der Waals surface area contributed by atoms with Gasteiger partial charge in [-0.1, -0.05) is 23.4 Å². The van der Waals surface area contributed by atoms with E-state index >= 15 is 0 Å². The highest BCUT2D eigenvalue weighted by molar-refractivity contribution is 7.90. The molecule has 0 saturated carbocycles. The summed E-state index contributed by atoms with van der Waals surface area (Å²) < 4.78 is 71.2. The van der Waals surface area contributed by atoms with Crippen molar-refractivity contribution in [2.75, 3.05) is 0 Å². The Morgan fingerprint density at radius 1 is 1.03 bits per heavy atom. The van der Waals surface area contributed by atoms with Crippen molar-refractivity contribution in [1.29, 1.82) is 0 Å². The third kappa shape index (κ3) is 5.95. The van der Waals surface area contributed by atoms with E-state index in [1.54, 1.807) is 20.8 Å². The number of carbonyl (C=O) groups is 1. The Morgan fingerprint density at radius 2 is 1.72 bits per heavy atom. The fourth-order valence-electron chi connectivity index (χ4n) is 4.02. The highest BCUT2D eigenvalue weighted by Gasteiger charge is 2.31. The lowest BCUT2D eigenvalue weighted by molar-refractivity contribution is -0.137. The maximum atomic E-state index is 13.2. The number of aryl methyl sites for hydroxylation is 3. The molecule has 0 unspecified atom stereocenters. The molecule has 39 heavy (non-hydrogen) atoms. The number of nitrogens with zero attached hydrogens (tertiary/aromatic N) is 2. The van der Waals surface area contributed by atoms with Crippen molar-refractivity contribution in [2.45, 2.75) is 44.1 Å². The number of nitrogens with one attached hydrogen (secondary N) is 1. The lowest BCUT2D eigenvalue weighted by atomic mass is 10.1. The van der Waals surface area contributed by atoms with E-state index in [-0.39, 0.29) is 28.4 Å². The fourth-order valence-corrected chi connectivity index (χ4v) is 5.53. The first kappa shape index (κ1) is 27.8. The molecule has 0 aliphatic carbocycles. The van der Waals surface area contributed by atoms with Crippen LogP contribution in [0, 0.1) is 20.8 Å². The van der Waals surface area contributed by atoms with Crippen molar-refractivity contribution >= 4 is 15.7 Å². The molecule has 0 aliphatic heterocycles. The molecule has 2 aromatic heterocycles. The number of hydrogen-bond acceptors (Lipinski definition) is 6. The van der Waals surface area contributed by atoms with Gasteiger partial charge in [-0.3, -0.25) is 14.2 Å². The monoisotopic (exact) mass is 559 g/mol. The van der Waals surface area contributed by atoms with E-state index in [1.807, 2.05) is 0 Å². The Balaban J connectivity index is 1.50. The lowest BCUT2D eigenvalue weighted by Gasteiger charge is -2.14. The van der Waals surface area contributed by atoms with Gasteiger partial charge in [-0.15, -0.1) is 0 Å². The van der Waals surface area contributed by atoms with Crippen LogP contribution in [-0.2, 0) is 28.3 Å². The van der Waals surface area contributed by atoms with Gasteiger partial charge in [0.2, 0.25) is 0 Å². The molecule has 0 bridgehead atoms. The Morgan fingerprint density at radius 3 is 2.33 bits per heavy atom. The van der Waals surface area contributed by atoms with Crippen LogP contribution in [-0.4, -0.2) is 24.0 Å². The van der Waals surface area contributed by atoms with E-state index < -0.39 is 33.0 Å². The molecule has 204 valence electrons. The van der Waals surface area contributed by atoms with Crippen molar-refractivity contribution in [2.24, 2.45) is 0 Å². The Kier molecular flexibility index (Phi) is 7.51. The minimum atomic E-state index is -4.59. The third-order valence-electron chi connectivity index (χ3n) is 6.20. The molecule has 0 radical (unpaired) electrons. The minimum Gasteiger partial charge on any atom is -0.361 e. The minimum absolute atomic E-state index is 0.0140. The van der Waals surface area contributed by atoms with Gasteiger partial charge in [-0.2, -0.15) is 13.2 Å². The summed E-state index contributed by atoms with van der Waals surface area (Å²) in [7, 11) is -3.67. The zero-order valence-corrected chi connectivity index (χ0v) is 22.0. The molecule has 0 spiro atoms. The van der Waals surface area contributed by atoms with Crippen molar-refractivity contribution < 1.29 is 30.9 Å². The van der Waals surface area contributed by atoms with Gasteiger partial charge < -0.3 is 9.84 Å². The van der Waals surface area contributed by atoms with Crippen LogP contribution in [0.5, 0.6) is 0 Å². The standard InChI is InChI=1S/C27H24F3N3O5S/c1-16-7-12-23(26(35)33(16)21-6-4-5-20(13-21)27(28,29)30)25(34)31-14-19-8-10-22(11-9-19)39(36,37)15-24-17(2)32-38-18(24)3/h4-13H,14-15H2,1-3H3,(H,31,34). The maximum Gasteiger partial charge on any atom is 0.416 e. The van der Waals surface area contributed by atoms with Gasteiger partial charge in [-0.05, 0) is 68.8 Å². The second-order valence-electron chi connectivity index (χ2n) is 8.97. The molecule has 0 saturated heterocycles. The summed E-state index contributed by atoms with van der Waals surface area (Å²) in [5.74, 6) is -0.565. The number of sulfone groups is 1. The third-order valence-corrected chi connectivity index (χ3v) is 7.86. The Labute approximate surface area is 222 Å². The average molecular weight is 560 g/mol. The van der Waals surface area contributed by atoms with Crippen molar-refractivity contribution in [3.8, 4) is 5.69 Å². The molecular formula is C27H24F3N3O5S. The average Bonchev–Trinajstić information content (AvgIpc) is 3.19. The van der Waals surface area contributed by atoms with Crippen LogP contribution in [0.2, 0.25) is 0 Å². The molecule has 1 amide bonds. The number of amides is 1. The highest BCUT2D eigenvalue weighted by Crippen LogP contribution is 2.30. The van der Waals surface area contributed by atoms with E-state index in [9.17, 15) is 31.2 Å². The number of carbonyl (C=O) groups excluding carboxylic acids is 1. The van der Waals surface area contributed by atoms with Crippen molar-refractivity contribution in [3.63, 3.8) is 0 Å². The number of pyridine rings is 1. The van der Waals surface area contributed by atoms with Crippen LogP contribution in [0.3, 0.4) is 0 Å². The number of alkyl halides is 3. The van der Waals surface area contributed by atoms with Gasteiger partial charge in [0.25, 0.3) is 11.5 Å². The van der Waals surface area contributed by atoms with E-state index in [2.05, 4.69) is 10.5 Å². The summed E-state index contributed by atoms with van der Waals surface area (Å²) in [5, 5.41) is 6.37. The summed E-state index contributed by atoms with van der Waals surface area (Å²) in [5.41, 5.74) is -0.0361. The fraction of sp³-hybridized carbons (Fsp3) is 0.222. The van der Waals surface area contributed by atoms with E-state index in [1.165, 1.54) is 48.5 Å². The number of aromatic nitrogens is 2. The Hall–Kier alpha value is -4.19. The second-order valence-corrected chi connectivity index (χ2v) is 11.0. The van der Waals surface area contributed by atoms with Gasteiger partial charge in [0.15, 0.2) is 9.84 Å². The predicted molar refractivity (Wildman–Crippen MR) is 136 cm³/mol. The molecule has 1 N–H and O–H groups in total. The van der Waals surface area contributed by atoms with Crippen LogP contribution >= 0.6 is 0 Å². The molecule has 0 fully saturated rings. The molecule has 8 nitrogen and oxygen atoms in total. The van der Waals surface area contributed by atoms with Gasteiger partial charge in [0.1, 0.15) is 11.3 Å². The number of hydrogen-bond donors (Lipinski definition) is 1. The van der Waals surface area contributed by atoms with Gasteiger partial charge in [-0.25, -0.2) is 8.42 Å². The number of rotatable bonds is 7. The molecule has 4 rings (SSSR count). The van der Waals surface area contributed by atoms with Gasteiger partial charge in [0.05, 0.1) is 21.9 Å². The summed E-state index contributed by atoms with van der Waals surface area (Å²) in [4.78, 5) is 26.0. The van der Waals surface area contributed by atoms with Crippen molar-refractivity contribution in [1.82, 2.24) is 15.0 Å². The molecule has 2 heterocycles. The van der Waals surface area contributed by atoms with Gasteiger partial charge in [0, 0.05) is 23.5 Å². The molecule has 0 aliphatic rings. The molecule has 4 aromatic rings. The van der Waals surface area contributed by atoms with Crippen molar-refractivity contribution in [3.05, 3.63) is 110 Å². The maximum absolute atomic E-state index is 13.2. The summed E-state index contributed by atoms with van der Waals surface area (Å²) in [6.45, 7) is 4.83. The number of benzene rings is 2. The van der Waals surface area contributed by atoms with E-state index in [0.717, 1.165) is 16.7 Å². The summed E-state index contributed by atoms with van der Waals surface area (Å²) in [6, 6.07) is 13.0. The largest absolute Gasteiger partial charge is 0.416 e. The molecule has 2 aromatic carbocycles. The topological polar surface area (TPSA) is 111 Å². The Bertz CT molecular complexity index is 1690. The smallest absolute Gasteiger partial charge is 0.361 e. The normalized spacial score (nSPS) is 11.9. The summed E-state index contributed by atoms with van der Waals surface area (Å²) in [6.07, 6.45) is -4.59.